The zero-order valence-corrected chi connectivity index (χ0v) is 20.8. The van der Waals surface area contributed by atoms with Crippen LogP contribution < -0.4 is 14.4 Å². The van der Waals surface area contributed by atoms with Crippen LogP contribution in [0.2, 0.25) is 0 Å². The van der Waals surface area contributed by atoms with Crippen molar-refractivity contribution in [3.05, 3.63) is 67.1 Å². The van der Waals surface area contributed by atoms with Crippen LogP contribution in [0, 0.1) is 6.92 Å². The smallest absolute Gasteiger partial charge is 0.138 e. The molecule has 184 valence electrons. The molecule has 10 nitrogen and oxygen atoms in total. The molecule has 0 aliphatic rings. The molecule has 5 aromatic rings. The second kappa shape index (κ2) is 10.0. The molecule has 0 unspecified atom stereocenters. The van der Waals surface area contributed by atoms with Crippen molar-refractivity contribution in [2.45, 2.75) is 19.9 Å². The summed E-state index contributed by atoms with van der Waals surface area (Å²) in [4.78, 5) is 16.0. The van der Waals surface area contributed by atoms with Crippen molar-refractivity contribution >= 4 is 22.4 Å². The quantitative estimate of drug-likeness (QED) is 0.308. The average molecular weight is 485 g/mol. The first-order chi connectivity index (χ1) is 17.5. The van der Waals surface area contributed by atoms with Gasteiger partial charge in [-0.15, -0.1) is 0 Å². The summed E-state index contributed by atoms with van der Waals surface area (Å²) < 4.78 is 14.7. The first kappa shape index (κ1) is 23.3. The van der Waals surface area contributed by atoms with Crippen LogP contribution in [0.25, 0.3) is 22.3 Å². The molecule has 0 spiro atoms. The number of ether oxygens (including phenoxy) is 2. The van der Waals surface area contributed by atoms with Gasteiger partial charge in [-0.25, -0.2) is 9.97 Å². The van der Waals surface area contributed by atoms with E-state index in [0.717, 1.165) is 70.5 Å². The standard InChI is InChI=1S/C26H28N8O2/c1-18-28-17-30-34(18)9-5-8-33(21-10-22(35-3)13-23(11-21)36-4)20-6-7-24-25(12-20)31-26(15-27-24)19-14-29-32(2)16-19/h6-7,10-17H,5,8-9H2,1-4H3. The van der Waals surface area contributed by atoms with Crippen LogP contribution >= 0.6 is 0 Å². The zero-order chi connectivity index (χ0) is 25.1. The number of aryl methyl sites for hydroxylation is 3. The topological polar surface area (TPSA) is 96.0 Å². The fraction of sp³-hybridized carbons (Fsp3) is 0.269. The molecule has 0 aliphatic carbocycles. The molecule has 0 radical (unpaired) electrons. The molecule has 0 N–H and O–H groups in total. The van der Waals surface area contributed by atoms with Gasteiger partial charge < -0.3 is 14.4 Å². The molecule has 0 saturated heterocycles. The molecule has 10 heteroatoms. The van der Waals surface area contributed by atoms with Gasteiger partial charge in [0.05, 0.1) is 43.3 Å². The minimum Gasteiger partial charge on any atom is -0.497 e. The Kier molecular flexibility index (Phi) is 6.48. The summed E-state index contributed by atoms with van der Waals surface area (Å²) in [5.74, 6) is 2.34. The fourth-order valence-corrected chi connectivity index (χ4v) is 4.14. The maximum absolute atomic E-state index is 5.54. The lowest BCUT2D eigenvalue weighted by Gasteiger charge is -2.26. The predicted octanol–water partition coefficient (Wildman–Crippen LogP) is 4.18. The van der Waals surface area contributed by atoms with Gasteiger partial charge >= 0.3 is 0 Å². The molecular weight excluding hydrogens is 456 g/mol. The number of hydrogen-bond donors (Lipinski definition) is 0. The fourth-order valence-electron chi connectivity index (χ4n) is 4.14. The van der Waals surface area contributed by atoms with Crippen molar-refractivity contribution in [1.29, 1.82) is 0 Å². The number of aromatic nitrogens is 7. The number of hydrogen-bond acceptors (Lipinski definition) is 8. The Morgan fingerprint density at radius 1 is 0.889 bits per heavy atom. The third kappa shape index (κ3) is 4.83. The van der Waals surface area contributed by atoms with Crippen molar-refractivity contribution < 1.29 is 9.47 Å². The highest BCUT2D eigenvalue weighted by molar-refractivity contribution is 5.82. The third-order valence-corrected chi connectivity index (χ3v) is 6.05. The van der Waals surface area contributed by atoms with Crippen molar-refractivity contribution in [1.82, 2.24) is 34.5 Å². The molecule has 0 atom stereocenters. The Bertz CT molecular complexity index is 1470. The van der Waals surface area contributed by atoms with E-state index in [2.05, 4.69) is 37.2 Å². The Balaban J connectivity index is 1.52. The van der Waals surface area contributed by atoms with Crippen LogP contribution in [-0.2, 0) is 13.6 Å². The minimum atomic E-state index is 0.723. The lowest BCUT2D eigenvalue weighted by Crippen LogP contribution is -2.20. The zero-order valence-electron chi connectivity index (χ0n) is 20.8. The van der Waals surface area contributed by atoms with Crippen molar-refractivity contribution in [2.75, 3.05) is 25.7 Å². The lowest BCUT2D eigenvalue weighted by molar-refractivity contribution is 0.394. The maximum atomic E-state index is 5.54. The highest BCUT2D eigenvalue weighted by Crippen LogP contribution is 2.34. The van der Waals surface area contributed by atoms with E-state index in [0.29, 0.717) is 0 Å². The molecule has 2 aromatic carbocycles. The van der Waals surface area contributed by atoms with Gasteiger partial charge in [0.15, 0.2) is 0 Å². The Morgan fingerprint density at radius 2 is 1.69 bits per heavy atom. The molecule has 5 rings (SSSR count). The molecule has 3 aromatic heterocycles. The predicted molar refractivity (Wildman–Crippen MR) is 138 cm³/mol. The van der Waals surface area contributed by atoms with Crippen molar-refractivity contribution in [3.63, 3.8) is 0 Å². The Hall–Kier alpha value is -4.47. The van der Waals surface area contributed by atoms with Crippen LogP contribution in [0.3, 0.4) is 0 Å². The van der Waals surface area contributed by atoms with Crippen LogP contribution in [0.1, 0.15) is 12.2 Å². The third-order valence-electron chi connectivity index (χ3n) is 6.05. The second-order valence-corrected chi connectivity index (χ2v) is 8.44. The van der Waals surface area contributed by atoms with E-state index in [1.54, 1.807) is 37.6 Å². The summed E-state index contributed by atoms with van der Waals surface area (Å²) in [5.41, 5.74) is 5.29. The van der Waals surface area contributed by atoms with Gasteiger partial charge in [0.1, 0.15) is 23.7 Å². The number of fused-ring (bicyclic) bond motifs is 1. The molecule has 0 aliphatic heterocycles. The van der Waals surface area contributed by atoms with E-state index in [1.165, 1.54) is 0 Å². The highest BCUT2D eigenvalue weighted by atomic mass is 16.5. The monoisotopic (exact) mass is 484 g/mol. The Labute approximate surface area is 209 Å². The van der Waals surface area contributed by atoms with Crippen LogP contribution in [-0.4, -0.2) is 55.3 Å². The Morgan fingerprint density at radius 3 is 2.36 bits per heavy atom. The van der Waals surface area contributed by atoms with E-state index in [-0.39, 0.29) is 0 Å². The van der Waals surface area contributed by atoms with Gasteiger partial charge in [-0.3, -0.25) is 14.3 Å². The van der Waals surface area contributed by atoms with E-state index in [9.17, 15) is 0 Å². The van der Waals surface area contributed by atoms with E-state index >= 15 is 0 Å². The average Bonchev–Trinajstić information content (AvgIpc) is 3.53. The molecule has 0 fully saturated rings. The van der Waals surface area contributed by atoms with Crippen LogP contribution in [0.15, 0.2) is 61.3 Å². The SMILES string of the molecule is COc1cc(OC)cc(N(CCCn2ncnc2C)c2ccc3ncc(-c4cnn(C)c4)nc3c2)c1. The lowest BCUT2D eigenvalue weighted by atomic mass is 10.1. The van der Waals surface area contributed by atoms with Crippen molar-refractivity contribution in [2.24, 2.45) is 7.05 Å². The van der Waals surface area contributed by atoms with Crippen LogP contribution in [0.4, 0.5) is 11.4 Å². The minimum absolute atomic E-state index is 0.723. The number of benzene rings is 2. The molecule has 0 amide bonds. The summed E-state index contributed by atoms with van der Waals surface area (Å²) in [6, 6.07) is 12.0. The summed E-state index contributed by atoms with van der Waals surface area (Å²) in [5, 5.41) is 8.57. The van der Waals surface area contributed by atoms with Gasteiger partial charge in [0.2, 0.25) is 0 Å². The largest absolute Gasteiger partial charge is 0.497 e. The van der Waals surface area contributed by atoms with Crippen LogP contribution in [0.5, 0.6) is 11.5 Å². The van der Waals surface area contributed by atoms with Gasteiger partial charge in [-0.1, -0.05) is 0 Å². The van der Waals surface area contributed by atoms with Gasteiger partial charge in [0.25, 0.3) is 0 Å². The van der Waals surface area contributed by atoms with Gasteiger partial charge in [0, 0.05) is 61.5 Å². The normalized spacial score (nSPS) is 11.1. The van der Waals surface area contributed by atoms with Gasteiger partial charge in [-0.2, -0.15) is 10.2 Å². The number of anilines is 2. The molecule has 36 heavy (non-hydrogen) atoms. The summed E-state index contributed by atoms with van der Waals surface area (Å²) >= 11 is 0. The van der Waals surface area contributed by atoms with Gasteiger partial charge in [-0.05, 0) is 31.5 Å². The summed E-state index contributed by atoms with van der Waals surface area (Å²) in [6.07, 6.45) is 7.94. The number of rotatable bonds is 9. The first-order valence-electron chi connectivity index (χ1n) is 11.6. The number of methoxy groups -OCH3 is 2. The summed E-state index contributed by atoms with van der Waals surface area (Å²) in [6.45, 7) is 3.44. The van der Waals surface area contributed by atoms with E-state index in [4.69, 9.17) is 14.5 Å². The first-order valence-corrected chi connectivity index (χ1v) is 11.6. The van der Waals surface area contributed by atoms with E-state index < -0.39 is 0 Å². The second-order valence-electron chi connectivity index (χ2n) is 8.44. The molecular formula is C26H28N8O2. The summed E-state index contributed by atoms with van der Waals surface area (Å²) in [7, 11) is 5.20. The molecule has 0 bridgehead atoms. The molecule has 3 heterocycles. The number of nitrogens with zero attached hydrogens (tertiary/aromatic N) is 8. The maximum Gasteiger partial charge on any atom is 0.138 e. The highest BCUT2D eigenvalue weighted by Gasteiger charge is 2.15. The van der Waals surface area contributed by atoms with E-state index in [1.807, 2.05) is 49.1 Å². The van der Waals surface area contributed by atoms with Crippen molar-refractivity contribution in [3.8, 4) is 22.8 Å². The molecule has 0 saturated carbocycles.